The third kappa shape index (κ3) is 3.54. The molecule has 19 heavy (non-hydrogen) atoms. The van der Waals surface area contributed by atoms with Crippen LogP contribution in [-0.2, 0) is 6.18 Å². The molecule has 0 spiro atoms. The number of thiazole rings is 1. The molecule has 0 saturated carbocycles. The zero-order valence-electron chi connectivity index (χ0n) is 9.36. The lowest BCUT2D eigenvalue weighted by atomic mass is 10.1. The summed E-state index contributed by atoms with van der Waals surface area (Å²) in [7, 11) is 0. The molecule has 1 aromatic carbocycles. The molecule has 2 rings (SSSR count). The van der Waals surface area contributed by atoms with Crippen molar-refractivity contribution in [2.75, 3.05) is 0 Å². The molecular formula is C11H9BrF3N3S. The summed E-state index contributed by atoms with van der Waals surface area (Å²) in [5.74, 6) is -0.196. The van der Waals surface area contributed by atoms with Crippen LogP contribution in [0.2, 0.25) is 0 Å². The molecule has 0 radical (unpaired) electrons. The SMILES string of the molecule is Br.N=C(N)c1nc(-c2cccc(C(F)(F)F)c2)cs1. The predicted molar refractivity (Wildman–Crippen MR) is 73.9 cm³/mol. The van der Waals surface area contributed by atoms with Crippen LogP contribution >= 0.6 is 28.3 Å². The fourth-order valence-corrected chi connectivity index (χ4v) is 2.07. The summed E-state index contributed by atoms with van der Waals surface area (Å²) < 4.78 is 37.6. The first kappa shape index (κ1) is 15.6. The van der Waals surface area contributed by atoms with Crippen molar-refractivity contribution < 1.29 is 13.2 Å². The quantitative estimate of drug-likeness (QED) is 0.640. The number of hydrogen-bond acceptors (Lipinski definition) is 3. The first-order valence-electron chi connectivity index (χ1n) is 4.85. The van der Waals surface area contributed by atoms with Gasteiger partial charge in [0, 0.05) is 10.9 Å². The Hall–Kier alpha value is -1.41. The number of aromatic nitrogens is 1. The van der Waals surface area contributed by atoms with Gasteiger partial charge in [0.15, 0.2) is 10.8 Å². The number of nitrogens with zero attached hydrogens (tertiary/aromatic N) is 1. The summed E-state index contributed by atoms with van der Waals surface area (Å²) in [6.45, 7) is 0. The molecule has 0 fully saturated rings. The molecule has 0 aliphatic rings. The summed E-state index contributed by atoms with van der Waals surface area (Å²) in [5.41, 5.74) is 5.27. The van der Waals surface area contributed by atoms with Crippen molar-refractivity contribution in [3.63, 3.8) is 0 Å². The highest BCUT2D eigenvalue weighted by Gasteiger charge is 2.30. The zero-order valence-corrected chi connectivity index (χ0v) is 11.9. The summed E-state index contributed by atoms with van der Waals surface area (Å²) in [6.07, 6.45) is -4.38. The monoisotopic (exact) mass is 351 g/mol. The van der Waals surface area contributed by atoms with Crippen LogP contribution in [-0.4, -0.2) is 10.8 Å². The molecule has 1 heterocycles. The van der Waals surface area contributed by atoms with Crippen LogP contribution in [0.4, 0.5) is 13.2 Å². The third-order valence-electron chi connectivity index (χ3n) is 2.22. The zero-order chi connectivity index (χ0) is 13.3. The molecular weight excluding hydrogens is 343 g/mol. The van der Waals surface area contributed by atoms with Crippen LogP contribution in [0.1, 0.15) is 10.6 Å². The molecule has 0 aliphatic carbocycles. The number of benzene rings is 1. The Morgan fingerprint density at radius 2 is 2.00 bits per heavy atom. The van der Waals surface area contributed by atoms with Crippen molar-refractivity contribution in [1.29, 1.82) is 5.41 Å². The van der Waals surface area contributed by atoms with E-state index in [9.17, 15) is 13.2 Å². The molecule has 2 aromatic rings. The maximum atomic E-state index is 12.5. The number of alkyl halides is 3. The molecule has 0 unspecified atom stereocenters. The minimum atomic E-state index is -4.38. The van der Waals surface area contributed by atoms with Crippen molar-refractivity contribution in [2.24, 2.45) is 5.73 Å². The van der Waals surface area contributed by atoms with Crippen LogP contribution in [0.5, 0.6) is 0 Å². The summed E-state index contributed by atoms with van der Waals surface area (Å²) in [6, 6.07) is 4.89. The van der Waals surface area contributed by atoms with Crippen LogP contribution < -0.4 is 5.73 Å². The Morgan fingerprint density at radius 1 is 1.32 bits per heavy atom. The number of nitrogens with one attached hydrogen (secondary N) is 1. The van der Waals surface area contributed by atoms with Gasteiger partial charge in [-0.2, -0.15) is 13.2 Å². The van der Waals surface area contributed by atoms with Gasteiger partial charge in [-0.1, -0.05) is 12.1 Å². The van der Waals surface area contributed by atoms with E-state index in [4.69, 9.17) is 11.1 Å². The number of halogens is 4. The first-order chi connectivity index (χ1) is 8.38. The van der Waals surface area contributed by atoms with Crippen LogP contribution in [0.15, 0.2) is 29.6 Å². The number of amidine groups is 1. The van der Waals surface area contributed by atoms with Gasteiger partial charge in [-0.3, -0.25) is 5.41 Å². The average Bonchev–Trinajstić information content (AvgIpc) is 2.77. The van der Waals surface area contributed by atoms with E-state index in [0.29, 0.717) is 16.3 Å². The van der Waals surface area contributed by atoms with Crippen molar-refractivity contribution in [2.45, 2.75) is 6.18 Å². The second kappa shape index (κ2) is 5.70. The predicted octanol–water partition coefficient (Wildman–Crippen LogP) is 3.69. The average molecular weight is 352 g/mol. The largest absolute Gasteiger partial charge is 0.416 e. The van der Waals surface area contributed by atoms with Gasteiger partial charge in [-0.15, -0.1) is 28.3 Å². The van der Waals surface area contributed by atoms with E-state index < -0.39 is 11.7 Å². The fraction of sp³-hybridized carbons (Fsp3) is 0.0909. The smallest absolute Gasteiger partial charge is 0.382 e. The summed E-state index contributed by atoms with van der Waals surface area (Å²) >= 11 is 1.12. The molecule has 0 saturated heterocycles. The molecule has 0 aliphatic heterocycles. The second-order valence-electron chi connectivity index (χ2n) is 3.53. The van der Waals surface area contributed by atoms with E-state index in [2.05, 4.69) is 4.98 Å². The number of hydrogen-bond donors (Lipinski definition) is 2. The number of nitrogen functional groups attached to an aromatic ring is 1. The summed E-state index contributed by atoms with van der Waals surface area (Å²) in [5, 5.41) is 9.07. The minimum Gasteiger partial charge on any atom is -0.382 e. The van der Waals surface area contributed by atoms with E-state index in [0.717, 1.165) is 23.5 Å². The maximum Gasteiger partial charge on any atom is 0.416 e. The van der Waals surface area contributed by atoms with Crippen LogP contribution in [0.3, 0.4) is 0 Å². The highest BCUT2D eigenvalue weighted by Crippen LogP contribution is 2.32. The number of rotatable bonds is 2. The number of nitrogens with two attached hydrogens (primary N) is 1. The van der Waals surface area contributed by atoms with Gasteiger partial charge in [-0.05, 0) is 12.1 Å². The Labute approximate surface area is 121 Å². The molecule has 8 heteroatoms. The second-order valence-corrected chi connectivity index (χ2v) is 4.39. The Morgan fingerprint density at radius 3 is 2.53 bits per heavy atom. The van der Waals surface area contributed by atoms with Crippen molar-refractivity contribution >= 4 is 34.2 Å². The molecule has 0 bridgehead atoms. The molecule has 3 nitrogen and oxygen atoms in total. The molecule has 0 atom stereocenters. The van der Waals surface area contributed by atoms with E-state index in [1.54, 1.807) is 5.38 Å². The van der Waals surface area contributed by atoms with Crippen molar-refractivity contribution in [3.05, 3.63) is 40.2 Å². The lowest BCUT2D eigenvalue weighted by molar-refractivity contribution is -0.137. The maximum absolute atomic E-state index is 12.5. The molecule has 3 N–H and O–H groups in total. The Kier molecular flexibility index (Phi) is 4.70. The topological polar surface area (TPSA) is 62.8 Å². The third-order valence-corrected chi connectivity index (χ3v) is 3.10. The molecule has 0 amide bonds. The van der Waals surface area contributed by atoms with Crippen molar-refractivity contribution in [3.8, 4) is 11.3 Å². The van der Waals surface area contributed by atoms with Gasteiger partial charge < -0.3 is 5.73 Å². The van der Waals surface area contributed by atoms with Gasteiger partial charge in [-0.25, -0.2) is 4.98 Å². The van der Waals surface area contributed by atoms with E-state index in [1.165, 1.54) is 12.1 Å². The van der Waals surface area contributed by atoms with E-state index in [1.807, 2.05) is 0 Å². The van der Waals surface area contributed by atoms with Crippen LogP contribution in [0.25, 0.3) is 11.3 Å². The minimum absolute atomic E-state index is 0. The van der Waals surface area contributed by atoms with Gasteiger partial charge in [0.25, 0.3) is 0 Å². The standard InChI is InChI=1S/C11H8F3N3S.BrH/c12-11(13,14)7-3-1-2-6(4-7)8-5-18-10(17-8)9(15)16;/h1-5H,(H3,15,16);1H. The Bertz CT molecular complexity index is 595. The van der Waals surface area contributed by atoms with Gasteiger partial charge in [0.05, 0.1) is 11.3 Å². The highest BCUT2D eigenvalue weighted by atomic mass is 79.9. The van der Waals surface area contributed by atoms with E-state index >= 15 is 0 Å². The van der Waals surface area contributed by atoms with Gasteiger partial charge >= 0.3 is 6.18 Å². The Balaban J connectivity index is 0.00000180. The lowest BCUT2D eigenvalue weighted by Gasteiger charge is -2.07. The molecule has 1 aromatic heterocycles. The summed E-state index contributed by atoms with van der Waals surface area (Å²) in [4.78, 5) is 4.00. The van der Waals surface area contributed by atoms with Gasteiger partial charge in [0.1, 0.15) is 0 Å². The van der Waals surface area contributed by atoms with Crippen molar-refractivity contribution in [1.82, 2.24) is 4.98 Å². The molecule has 102 valence electrons. The van der Waals surface area contributed by atoms with E-state index in [-0.39, 0.29) is 22.8 Å². The fourth-order valence-electron chi connectivity index (χ4n) is 1.38. The van der Waals surface area contributed by atoms with Crippen LogP contribution in [0, 0.1) is 5.41 Å². The normalized spacial score (nSPS) is 10.9. The van der Waals surface area contributed by atoms with Gasteiger partial charge in [0.2, 0.25) is 0 Å². The lowest BCUT2D eigenvalue weighted by Crippen LogP contribution is -2.10. The first-order valence-corrected chi connectivity index (χ1v) is 5.73. The highest BCUT2D eigenvalue weighted by molar-refractivity contribution is 8.93.